The molecule has 1 aliphatic carbocycles. The van der Waals surface area contributed by atoms with E-state index in [0.29, 0.717) is 12.1 Å². The molecule has 4 N–H and O–H groups in total. The molecular formula is C12H13N3O3. The summed E-state index contributed by atoms with van der Waals surface area (Å²) in [7, 11) is 0. The van der Waals surface area contributed by atoms with E-state index in [1.807, 2.05) is 0 Å². The lowest BCUT2D eigenvalue weighted by Gasteiger charge is -2.12. The van der Waals surface area contributed by atoms with Crippen LogP contribution < -0.4 is 11.1 Å². The number of hydrogen-bond donors (Lipinski definition) is 3. The molecule has 0 saturated heterocycles. The summed E-state index contributed by atoms with van der Waals surface area (Å²) in [5.41, 5.74) is 6.09. The van der Waals surface area contributed by atoms with Crippen molar-refractivity contribution in [3.8, 4) is 0 Å². The molecule has 6 nitrogen and oxygen atoms in total. The number of rotatable bonds is 3. The molecule has 1 heterocycles. The van der Waals surface area contributed by atoms with Crippen LogP contribution in [0.25, 0.3) is 0 Å². The third kappa shape index (κ3) is 2.48. The minimum atomic E-state index is -0.889. The summed E-state index contributed by atoms with van der Waals surface area (Å²) in [6, 6.07) is 2.94. The molecule has 1 aliphatic rings. The van der Waals surface area contributed by atoms with Gasteiger partial charge in [-0.3, -0.25) is 9.59 Å². The van der Waals surface area contributed by atoms with Gasteiger partial charge in [0.15, 0.2) is 5.69 Å². The zero-order valence-electron chi connectivity index (χ0n) is 9.54. The highest BCUT2D eigenvalue weighted by Gasteiger charge is 2.26. The van der Waals surface area contributed by atoms with Crippen LogP contribution in [0, 0.1) is 5.92 Å². The van der Waals surface area contributed by atoms with Crippen molar-refractivity contribution < 1.29 is 14.7 Å². The Kier molecular flexibility index (Phi) is 3.27. The van der Waals surface area contributed by atoms with Crippen molar-refractivity contribution in [2.75, 3.05) is 5.73 Å². The molecule has 0 bridgehead atoms. The third-order valence-corrected chi connectivity index (χ3v) is 2.77. The monoisotopic (exact) mass is 247 g/mol. The summed E-state index contributed by atoms with van der Waals surface area (Å²) in [5.74, 6) is -1.83. The zero-order chi connectivity index (χ0) is 13.1. The summed E-state index contributed by atoms with van der Waals surface area (Å²) in [6.07, 6.45) is 5.09. The topological polar surface area (TPSA) is 105 Å². The van der Waals surface area contributed by atoms with Crippen molar-refractivity contribution in [1.29, 1.82) is 0 Å². The summed E-state index contributed by atoms with van der Waals surface area (Å²) >= 11 is 0. The average molecular weight is 247 g/mol. The lowest BCUT2D eigenvalue weighted by molar-refractivity contribution is -0.140. The average Bonchev–Trinajstić information content (AvgIpc) is 2.78. The minimum absolute atomic E-state index is 0.157. The summed E-state index contributed by atoms with van der Waals surface area (Å²) in [5, 5.41) is 11.5. The van der Waals surface area contributed by atoms with Gasteiger partial charge in [0.2, 0.25) is 0 Å². The maximum atomic E-state index is 11.9. The fourth-order valence-corrected chi connectivity index (χ4v) is 1.83. The number of hydrogen-bond acceptors (Lipinski definition) is 4. The van der Waals surface area contributed by atoms with Gasteiger partial charge in [0.25, 0.3) is 5.91 Å². The van der Waals surface area contributed by atoms with Gasteiger partial charge in [-0.2, -0.15) is 0 Å². The second-order valence-electron chi connectivity index (χ2n) is 4.09. The number of aliphatic carboxylic acids is 1. The number of aromatic nitrogens is 1. The van der Waals surface area contributed by atoms with E-state index >= 15 is 0 Å². The Morgan fingerprint density at radius 1 is 1.44 bits per heavy atom. The van der Waals surface area contributed by atoms with E-state index in [2.05, 4.69) is 10.3 Å². The van der Waals surface area contributed by atoms with Gasteiger partial charge in [-0.1, -0.05) is 12.2 Å². The van der Waals surface area contributed by atoms with Gasteiger partial charge in [0.1, 0.15) is 0 Å². The predicted molar refractivity (Wildman–Crippen MR) is 64.8 cm³/mol. The molecule has 1 aromatic heterocycles. The fraction of sp³-hybridized carbons (Fsp3) is 0.250. The van der Waals surface area contributed by atoms with Crippen LogP contribution >= 0.6 is 0 Å². The molecule has 0 spiro atoms. The Labute approximate surface area is 104 Å². The Morgan fingerprint density at radius 2 is 2.22 bits per heavy atom. The molecule has 1 amide bonds. The van der Waals surface area contributed by atoms with Gasteiger partial charge in [0.05, 0.1) is 11.6 Å². The Bertz CT molecular complexity index is 513. The number of nitrogens with zero attached hydrogens (tertiary/aromatic N) is 1. The van der Waals surface area contributed by atoms with Crippen LogP contribution in [0.4, 0.5) is 5.69 Å². The van der Waals surface area contributed by atoms with Gasteiger partial charge in [0, 0.05) is 12.2 Å². The van der Waals surface area contributed by atoms with Crippen molar-refractivity contribution in [1.82, 2.24) is 10.3 Å². The van der Waals surface area contributed by atoms with E-state index in [-0.39, 0.29) is 11.7 Å². The summed E-state index contributed by atoms with van der Waals surface area (Å²) in [4.78, 5) is 26.5. The molecule has 6 heteroatoms. The number of nitrogens with two attached hydrogens (primary N) is 1. The fourth-order valence-electron chi connectivity index (χ4n) is 1.83. The van der Waals surface area contributed by atoms with Crippen molar-refractivity contribution in [2.45, 2.75) is 12.5 Å². The second-order valence-corrected chi connectivity index (χ2v) is 4.09. The van der Waals surface area contributed by atoms with Crippen molar-refractivity contribution >= 4 is 17.6 Å². The molecule has 0 aliphatic heterocycles. The first-order valence-corrected chi connectivity index (χ1v) is 5.50. The molecule has 94 valence electrons. The number of pyridine rings is 1. The Hall–Kier alpha value is -2.37. The van der Waals surface area contributed by atoms with Crippen LogP contribution in [-0.4, -0.2) is 28.0 Å². The molecule has 18 heavy (non-hydrogen) atoms. The molecule has 2 rings (SSSR count). The van der Waals surface area contributed by atoms with E-state index < -0.39 is 17.8 Å². The first kappa shape index (κ1) is 12.1. The largest absolute Gasteiger partial charge is 0.481 e. The zero-order valence-corrected chi connectivity index (χ0v) is 9.54. The number of carbonyl (C=O) groups excluding carboxylic acids is 1. The summed E-state index contributed by atoms with van der Waals surface area (Å²) in [6.45, 7) is 0. The smallest absolute Gasteiger partial charge is 0.310 e. The minimum Gasteiger partial charge on any atom is -0.481 e. The standard InChI is InChI=1S/C12H13N3O3/c13-9-2-1-5-14-10(9)11(16)15-8-4-3-7(6-8)12(17)18/h1-5,7-8H,6,13H2,(H,15,16)(H,17,18). The normalized spacial score (nSPS) is 21.8. The lowest BCUT2D eigenvalue weighted by atomic mass is 10.1. The van der Waals surface area contributed by atoms with Crippen LogP contribution in [0.3, 0.4) is 0 Å². The van der Waals surface area contributed by atoms with E-state index in [1.54, 1.807) is 24.3 Å². The molecule has 2 unspecified atom stereocenters. The van der Waals surface area contributed by atoms with Gasteiger partial charge in [-0.25, -0.2) is 4.98 Å². The van der Waals surface area contributed by atoms with Gasteiger partial charge in [-0.05, 0) is 18.6 Å². The van der Waals surface area contributed by atoms with E-state index in [1.165, 1.54) is 6.20 Å². The highest BCUT2D eigenvalue weighted by Crippen LogP contribution is 2.18. The van der Waals surface area contributed by atoms with Crippen molar-refractivity contribution in [3.05, 3.63) is 36.2 Å². The summed E-state index contributed by atoms with van der Waals surface area (Å²) < 4.78 is 0. The highest BCUT2D eigenvalue weighted by molar-refractivity contribution is 5.97. The Morgan fingerprint density at radius 3 is 2.83 bits per heavy atom. The number of carboxylic acid groups (broad SMARTS) is 1. The number of carbonyl (C=O) groups is 2. The van der Waals surface area contributed by atoms with Crippen LogP contribution in [0.15, 0.2) is 30.5 Å². The molecular weight excluding hydrogens is 234 g/mol. The van der Waals surface area contributed by atoms with E-state index in [4.69, 9.17) is 10.8 Å². The molecule has 0 radical (unpaired) electrons. The number of anilines is 1. The lowest BCUT2D eigenvalue weighted by Crippen LogP contribution is -2.34. The molecule has 0 saturated carbocycles. The first-order chi connectivity index (χ1) is 8.58. The van der Waals surface area contributed by atoms with Gasteiger partial charge >= 0.3 is 5.97 Å². The van der Waals surface area contributed by atoms with Crippen LogP contribution in [0.1, 0.15) is 16.9 Å². The maximum absolute atomic E-state index is 11.9. The van der Waals surface area contributed by atoms with Crippen LogP contribution in [-0.2, 0) is 4.79 Å². The van der Waals surface area contributed by atoms with E-state index in [9.17, 15) is 9.59 Å². The number of nitrogens with one attached hydrogen (secondary N) is 1. The van der Waals surface area contributed by atoms with Gasteiger partial charge in [-0.15, -0.1) is 0 Å². The quantitative estimate of drug-likeness (QED) is 0.671. The molecule has 2 atom stereocenters. The van der Waals surface area contributed by atoms with Gasteiger partial charge < -0.3 is 16.2 Å². The van der Waals surface area contributed by atoms with Crippen LogP contribution in [0.5, 0.6) is 0 Å². The maximum Gasteiger partial charge on any atom is 0.310 e. The third-order valence-electron chi connectivity index (χ3n) is 2.77. The van der Waals surface area contributed by atoms with Crippen molar-refractivity contribution in [3.63, 3.8) is 0 Å². The second kappa shape index (κ2) is 4.87. The number of amides is 1. The number of nitrogen functional groups attached to an aromatic ring is 1. The highest BCUT2D eigenvalue weighted by atomic mass is 16.4. The molecule has 0 aromatic carbocycles. The van der Waals surface area contributed by atoms with Crippen molar-refractivity contribution in [2.24, 2.45) is 5.92 Å². The van der Waals surface area contributed by atoms with E-state index in [0.717, 1.165) is 0 Å². The Balaban J connectivity index is 2.00. The first-order valence-electron chi connectivity index (χ1n) is 5.50. The number of carboxylic acids is 1. The predicted octanol–water partition coefficient (Wildman–Crippen LogP) is 0.423. The molecule has 0 fully saturated rings. The SMILES string of the molecule is Nc1cccnc1C(=O)NC1C=CC(C(=O)O)C1. The molecule has 1 aromatic rings. The van der Waals surface area contributed by atoms with Crippen LogP contribution in [0.2, 0.25) is 0 Å².